The third-order valence-corrected chi connectivity index (χ3v) is 2.74. The molecule has 0 heterocycles. The molecule has 0 aromatic heterocycles. The number of benzene rings is 1. The Hall–Kier alpha value is -1.09. The predicted molar refractivity (Wildman–Crippen MR) is 66.6 cm³/mol. The van der Waals surface area contributed by atoms with Gasteiger partial charge in [-0.15, -0.1) is 0 Å². The van der Waals surface area contributed by atoms with Gasteiger partial charge in [0.05, 0.1) is 12.7 Å². The van der Waals surface area contributed by atoms with Gasteiger partial charge in [-0.2, -0.15) is 0 Å². The Kier molecular flexibility index (Phi) is 5.42. The van der Waals surface area contributed by atoms with E-state index in [1.807, 2.05) is 0 Å². The lowest BCUT2D eigenvalue weighted by Gasteiger charge is -2.13. The first-order chi connectivity index (χ1) is 8.04. The van der Waals surface area contributed by atoms with Crippen molar-refractivity contribution in [3.63, 3.8) is 0 Å². The normalized spacial score (nSPS) is 14.4. The fourth-order valence-corrected chi connectivity index (χ4v) is 1.75. The first-order valence-corrected chi connectivity index (χ1v) is 6.14. The molecule has 17 heavy (non-hydrogen) atoms. The van der Waals surface area contributed by atoms with E-state index in [-0.39, 0.29) is 0 Å². The van der Waals surface area contributed by atoms with Crippen molar-refractivity contribution in [1.29, 1.82) is 0 Å². The lowest BCUT2D eigenvalue weighted by atomic mass is 10.1. The van der Waals surface area contributed by atoms with Gasteiger partial charge in [0.1, 0.15) is 11.6 Å². The zero-order valence-corrected chi connectivity index (χ0v) is 10.7. The van der Waals surface area contributed by atoms with Gasteiger partial charge in [-0.25, -0.2) is 4.39 Å². The van der Waals surface area contributed by atoms with Crippen LogP contribution in [0.25, 0.3) is 0 Å². The summed E-state index contributed by atoms with van der Waals surface area (Å²) in [5.74, 6) is 0.579. The molecule has 3 heteroatoms. The molecule has 1 aromatic carbocycles. The molecule has 0 spiro atoms. The van der Waals surface area contributed by atoms with Gasteiger partial charge in [0.2, 0.25) is 0 Å². The van der Waals surface area contributed by atoms with Gasteiger partial charge >= 0.3 is 0 Å². The topological polar surface area (TPSA) is 29.5 Å². The second-order valence-corrected chi connectivity index (χ2v) is 4.56. The third-order valence-electron chi connectivity index (χ3n) is 2.74. The van der Waals surface area contributed by atoms with Crippen molar-refractivity contribution in [1.82, 2.24) is 0 Å². The lowest BCUT2D eigenvalue weighted by Crippen LogP contribution is -2.08. The molecule has 0 bridgehead atoms. The summed E-state index contributed by atoms with van der Waals surface area (Å²) in [5.41, 5.74) is 0.305. The molecule has 0 saturated heterocycles. The molecular formula is C14H21FO2. The fraction of sp³-hybridized carbons (Fsp3) is 0.571. The van der Waals surface area contributed by atoms with Crippen LogP contribution in [0.2, 0.25) is 0 Å². The van der Waals surface area contributed by atoms with E-state index in [1.165, 1.54) is 6.07 Å². The average Bonchev–Trinajstić information content (AvgIpc) is 2.26. The van der Waals surface area contributed by atoms with Gasteiger partial charge in [-0.05, 0) is 31.4 Å². The lowest BCUT2D eigenvalue weighted by molar-refractivity contribution is 0.193. The van der Waals surface area contributed by atoms with Crippen molar-refractivity contribution in [3.8, 4) is 5.75 Å². The summed E-state index contributed by atoms with van der Waals surface area (Å²) < 4.78 is 19.0. The molecule has 2 nitrogen and oxygen atoms in total. The minimum atomic E-state index is -0.789. The monoisotopic (exact) mass is 240 g/mol. The first-order valence-electron chi connectivity index (χ1n) is 6.14. The summed E-state index contributed by atoms with van der Waals surface area (Å²) >= 11 is 0. The average molecular weight is 240 g/mol. The van der Waals surface area contributed by atoms with Gasteiger partial charge < -0.3 is 9.84 Å². The van der Waals surface area contributed by atoms with E-state index in [0.717, 1.165) is 12.8 Å². The zero-order valence-electron chi connectivity index (χ0n) is 10.7. The number of ether oxygens (including phenoxy) is 1. The van der Waals surface area contributed by atoms with E-state index in [2.05, 4.69) is 13.8 Å². The Morgan fingerprint density at radius 1 is 1.35 bits per heavy atom. The summed E-state index contributed by atoms with van der Waals surface area (Å²) in [6.07, 6.45) is 1.44. The van der Waals surface area contributed by atoms with Gasteiger partial charge in [0.15, 0.2) is 0 Å². The van der Waals surface area contributed by atoms with Crippen molar-refractivity contribution < 1.29 is 14.2 Å². The maximum absolute atomic E-state index is 13.5. The molecule has 0 aliphatic rings. The third kappa shape index (κ3) is 4.35. The number of hydrogen-bond donors (Lipinski definition) is 1. The quantitative estimate of drug-likeness (QED) is 0.821. The molecule has 96 valence electrons. The molecule has 1 N–H and O–H groups in total. The van der Waals surface area contributed by atoms with Crippen LogP contribution >= 0.6 is 0 Å². The zero-order chi connectivity index (χ0) is 12.8. The summed E-state index contributed by atoms with van der Waals surface area (Å²) in [5, 5.41) is 9.30. The van der Waals surface area contributed by atoms with E-state index in [0.29, 0.717) is 23.8 Å². The van der Waals surface area contributed by atoms with Crippen LogP contribution in [0.1, 0.15) is 45.3 Å². The fourth-order valence-electron chi connectivity index (χ4n) is 1.75. The molecule has 1 aromatic rings. The Morgan fingerprint density at radius 3 is 2.59 bits per heavy atom. The maximum Gasteiger partial charge on any atom is 0.132 e. The Balaban J connectivity index is 2.58. The number of aliphatic hydroxyl groups excluding tert-OH is 1. The van der Waals surface area contributed by atoms with Gasteiger partial charge in [-0.1, -0.05) is 20.3 Å². The number of aliphatic hydroxyl groups is 1. The molecule has 1 rings (SSSR count). The van der Waals surface area contributed by atoms with E-state index in [4.69, 9.17) is 4.74 Å². The number of rotatable bonds is 6. The van der Waals surface area contributed by atoms with Crippen molar-refractivity contribution in [3.05, 3.63) is 29.6 Å². The molecular weight excluding hydrogens is 219 g/mol. The van der Waals surface area contributed by atoms with E-state index < -0.39 is 11.9 Å². The van der Waals surface area contributed by atoms with Crippen molar-refractivity contribution in [2.45, 2.75) is 39.7 Å². The van der Waals surface area contributed by atoms with Crippen LogP contribution in [0, 0.1) is 11.7 Å². The molecule has 0 aliphatic heterocycles. The van der Waals surface area contributed by atoms with Gasteiger partial charge in [0.25, 0.3) is 0 Å². The van der Waals surface area contributed by atoms with E-state index >= 15 is 0 Å². The van der Waals surface area contributed by atoms with Crippen LogP contribution in [-0.4, -0.2) is 11.7 Å². The van der Waals surface area contributed by atoms with Gasteiger partial charge in [0, 0.05) is 11.6 Å². The smallest absolute Gasteiger partial charge is 0.132 e. The van der Waals surface area contributed by atoms with Crippen molar-refractivity contribution in [2.75, 3.05) is 6.61 Å². The van der Waals surface area contributed by atoms with Crippen LogP contribution in [0.15, 0.2) is 18.2 Å². The van der Waals surface area contributed by atoms with Crippen LogP contribution < -0.4 is 4.74 Å². The van der Waals surface area contributed by atoms with Crippen molar-refractivity contribution in [2.24, 2.45) is 5.92 Å². The van der Waals surface area contributed by atoms with E-state index in [9.17, 15) is 9.50 Å². The summed E-state index contributed by atoms with van der Waals surface area (Å²) in [4.78, 5) is 0. The highest BCUT2D eigenvalue weighted by Gasteiger charge is 2.09. The summed E-state index contributed by atoms with van der Waals surface area (Å²) in [6, 6.07) is 4.60. The van der Waals surface area contributed by atoms with Crippen molar-refractivity contribution >= 4 is 0 Å². The van der Waals surface area contributed by atoms with Crippen LogP contribution in [0.3, 0.4) is 0 Å². The van der Waals surface area contributed by atoms with Crippen LogP contribution in [0.4, 0.5) is 4.39 Å². The van der Waals surface area contributed by atoms with E-state index in [1.54, 1.807) is 19.1 Å². The minimum Gasteiger partial charge on any atom is -0.493 e. The highest BCUT2D eigenvalue weighted by Crippen LogP contribution is 2.22. The summed E-state index contributed by atoms with van der Waals surface area (Å²) in [6.45, 7) is 6.39. The maximum atomic E-state index is 13.5. The Bertz CT molecular complexity index is 350. The first kappa shape index (κ1) is 14.0. The second-order valence-electron chi connectivity index (χ2n) is 4.56. The standard InChI is InChI=1S/C14H21FO2/c1-4-5-10(2)9-17-12-6-7-13(11(3)16)14(15)8-12/h6-8,10-11,16H,4-5,9H2,1-3H3/t10?,11-/m1/s1. The molecule has 2 atom stereocenters. The second kappa shape index (κ2) is 6.60. The van der Waals surface area contributed by atoms with Crippen LogP contribution in [-0.2, 0) is 0 Å². The SMILES string of the molecule is CCCC(C)COc1ccc([C@@H](C)O)c(F)c1. The molecule has 0 fully saturated rings. The Labute approximate surface area is 102 Å². The molecule has 0 amide bonds. The number of hydrogen-bond acceptors (Lipinski definition) is 2. The molecule has 0 aliphatic carbocycles. The Morgan fingerprint density at radius 2 is 2.06 bits per heavy atom. The molecule has 1 unspecified atom stereocenters. The number of halogens is 1. The van der Waals surface area contributed by atoms with Crippen LogP contribution in [0.5, 0.6) is 5.75 Å². The molecule has 0 saturated carbocycles. The minimum absolute atomic E-state index is 0.305. The highest BCUT2D eigenvalue weighted by atomic mass is 19.1. The summed E-state index contributed by atoms with van der Waals surface area (Å²) in [7, 11) is 0. The molecule has 0 radical (unpaired) electrons. The highest BCUT2D eigenvalue weighted by molar-refractivity contribution is 5.29. The predicted octanol–water partition coefficient (Wildman–Crippen LogP) is 3.69. The largest absolute Gasteiger partial charge is 0.493 e. The van der Waals surface area contributed by atoms with Gasteiger partial charge in [-0.3, -0.25) is 0 Å².